The molecule has 1 aromatic heterocycles. The zero-order valence-electron chi connectivity index (χ0n) is 14.2. The highest BCUT2D eigenvalue weighted by Gasteiger charge is 2.07. The van der Waals surface area contributed by atoms with Crippen LogP contribution in [0.5, 0.6) is 0 Å². The third kappa shape index (κ3) is 5.81. The predicted molar refractivity (Wildman–Crippen MR) is 104 cm³/mol. The molecule has 0 radical (unpaired) electrons. The van der Waals surface area contributed by atoms with E-state index in [1.807, 2.05) is 14.1 Å². The first-order valence-electron chi connectivity index (χ1n) is 7.48. The van der Waals surface area contributed by atoms with Crippen molar-refractivity contribution in [3.63, 3.8) is 0 Å². The molecule has 0 bridgehead atoms. The van der Waals surface area contributed by atoms with E-state index in [4.69, 9.17) is 0 Å². The van der Waals surface area contributed by atoms with Gasteiger partial charge in [-0.3, -0.25) is 4.68 Å². The lowest BCUT2D eigenvalue weighted by molar-refractivity contribution is 0.476. The smallest absolute Gasteiger partial charge is 0.194 e. The first kappa shape index (κ1) is 19.4. The van der Waals surface area contributed by atoms with Crippen molar-refractivity contribution >= 4 is 29.9 Å². The third-order valence-corrected chi connectivity index (χ3v) is 3.41. The van der Waals surface area contributed by atoms with Crippen LogP contribution in [0.15, 0.2) is 35.6 Å². The normalized spacial score (nSPS) is 11.0. The highest BCUT2D eigenvalue weighted by Crippen LogP contribution is 2.06. The molecular weight excluding hydrogens is 403 g/mol. The summed E-state index contributed by atoms with van der Waals surface area (Å²) in [6.07, 6.45) is 1.55. The molecule has 0 aliphatic rings. The maximum Gasteiger partial charge on any atom is 0.194 e. The average molecular weight is 428 g/mol. The van der Waals surface area contributed by atoms with Crippen molar-refractivity contribution in [2.45, 2.75) is 26.9 Å². The molecular formula is C16H25IN6. The summed E-state index contributed by atoms with van der Waals surface area (Å²) in [5, 5.41) is 7.38. The number of benzene rings is 1. The summed E-state index contributed by atoms with van der Waals surface area (Å²) in [7, 11) is 3.92. The zero-order valence-corrected chi connectivity index (χ0v) is 16.5. The summed E-state index contributed by atoms with van der Waals surface area (Å²) in [6, 6.07) is 8.57. The van der Waals surface area contributed by atoms with Crippen molar-refractivity contribution in [2.75, 3.05) is 13.6 Å². The molecule has 0 fully saturated rings. The summed E-state index contributed by atoms with van der Waals surface area (Å²) in [5.41, 5.74) is 2.53. The lowest BCUT2D eigenvalue weighted by Gasteiger charge is -2.22. The van der Waals surface area contributed by atoms with Crippen LogP contribution in [0.3, 0.4) is 0 Å². The number of aliphatic imine (C=N–C) groups is 1. The number of hydrogen-bond donors (Lipinski definition) is 1. The molecule has 6 nitrogen and oxygen atoms in total. The average Bonchev–Trinajstić information content (AvgIpc) is 2.91. The SMILES string of the molecule is CCNC(=NCc1ncnn1C)N(C)Cc1ccc(C)cc1.I. The minimum Gasteiger partial charge on any atom is -0.357 e. The topological polar surface area (TPSA) is 58.3 Å². The highest BCUT2D eigenvalue weighted by molar-refractivity contribution is 14.0. The van der Waals surface area contributed by atoms with E-state index in [9.17, 15) is 0 Å². The van der Waals surface area contributed by atoms with E-state index in [0.29, 0.717) is 6.54 Å². The molecule has 0 saturated carbocycles. The zero-order chi connectivity index (χ0) is 15.9. The lowest BCUT2D eigenvalue weighted by atomic mass is 10.1. The number of rotatable bonds is 5. The first-order valence-corrected chi connectivity index (χ1v) is 7.48. The third-order valence-electron chi connectivity index (χ3n) is 3.41. The molecule has 126 valence electrons. The number of hydrogen-bond acceptors (Lipinski definition) is 3. The van der Waals surface area contributed by atoms with Crippen LogP contribution in [0.2, 0.25) is 0 Å². The Labute approximate surface area is 155 Å². The maximum atomic E-state index is 4.64. The van der Waals surface area contributed by atoms with Crippen molar-refractivity contribution in [1.29, 1.82) is 0 Å². The highest BCUT2D eigenvalue weighted by atomic mass is 127. The van der Waals surface area contributed by atoms with E-state index >= 15 is 0 Å². The Morgan fingerprint density at radius 2 is 2.00 bits per heavy atom. The largest absolute Gasteiger partial charge is 0.357 e. The Hall–Kier alpha value is -1.64. The van der Waals surface area contributed by atoms with Crippen molar-refractivity contribution in [3.05, 3.63) is 47.5 Å². The Morgan fingerprint density at radius 3 is 2.57 bits per heavy atom. The number of nitrogens with zero attached hydrogens (tertiary/aromatic N) is 5. The van der Waals surface area contributed by atoms with Gasteiger partial charge in [0.05, 0.1) is 0 Å². The Kier molecular flexibility index (Phi) is 8.01. The molecule has 0 unspecified atom stereocenters. The van der Waals surface area contributed by atoms with Crippen molar-refractivity contribution < 1.29 is 0 Å². The molecule has 7 heteroatoms. The standard InChI is InChI=1S/C16H24N6.HI/c1-5-17-16(18-10-15-19-12-20-22(15)4)21(3)11-14-8-6-13(2)7-9-14;/h6-9,12H,5,10-11H2,1-4H3,(H,17,18);1H. The lowest BCUT2D eigenvalue weighted by Crippen LogP contribution is -2.38. The molecule has 1 N–H and O–H groups in total. The van der Waals surface area contributed by atoms with Crippen molar-refractivity contribution in [1.82, 2.24) is 25.0 Å². The Bertz CT molecular complexity index is 620. The number of nitrogens with one attached hydrogen (secondary N) is 1. The van der Waals surface area contributed by atoms with Crippen LogP contribution in [0, 0.1) is 6.92 Å². The summed E-state index contributed by atoms with van der Waals surface area (Å²) < 4.78 is 1.74. The number of halogens is 1. The van der Waals surface area contributed by atoms with Crippen molar-refractivity contribution in [3.8, 4) is 0 Å². The number of guanidine groups is 1. The van der Waals surface area contributed by atoms with E-state index in [1.54, 1.807) is 11.0 Å². The summed E-state index contributed by atoms with van der Waals surface area (Å²) >= 11 is 0. The van der Waals surface area contributed by atoms with Gasteiger partial charge in [-0.25, -0.2) is 9.98 Å². The Morgan fingerprint density at radius 1 is 1.30 bits per heavy atom. The molecule has 0 aliphatic carbocycles. The summed E-state index contributed by atoms with van der Waals surface area (Å²) in [6.45, 7) is 6.31. The van der Waals surface area contributed by atoms with Crippen LogP contribution < -0.4 is 5.32 Å². The van der Waals surface area contributed by atoms with E-state index in [1.165, 1.54) is 11.1 Å². The van der Waals surface area contributed by atoms with Gasteiger partial charge in [0.25, 0.3) is 0 Å². The molecule has 0 amide bonds. The summed E-state index contributed by atoms with van der Waals surface area (Å²) in [5.74, 6) is 1.71. The van der Waals surface area contributed by atoms with E-state index in [0.717, 1.165) is 24.9 Å². The molecule has 2 aromatic rings. The molecule has 1 heterocycles. The van der Waals surface area contributed by atoms with Gasteiger partial charge in [-0.2, -0.15) is 5.10 Å². The summed E-state index contributed by atoms with van der Waals surface area (Å²) in [4.78, 5) is 11.0. The molecule has 0 saturated heterocycles. The second-order valence-corrected chi connectivity index (χ2v) is 5.31. The fourth-order valence-electron chi connectivity index (χ4n) is 2.12. The first-order chi connectivity index (χ1) is 10.6. The monoisotopic (exact) mass is 428 g/mol. The van der Waals surface area contributed by atoms with Crippen LogP contribution in [0.25, 0.3) is 0 Å². The predicted octanol–water partition coefficient (Wildman–Crippen LogP) is 2.34. The van der Waals surface area contributed by atoms with Crippen LogP contribution in [-0.4, -0.2) is 39.2 Å². The number of aryl methyl sites for hydroxylation is 2. The van der Waals surface area contributed by atoms with Gasteiger partial charge in [-0.1, -0.05) is 29.8 Å². The van der Waals surface area contributed by atoms with Gasteiger partial charge in [-0.15, -0.1) is 24.0 Å². The molecule has 0 atom stereocenters. The van der Waals surface area contributed by atoms with Gasteiger partial charge in [0.2, 0.25) is 0 Å². The van der Waals surface area contributed by atoms with E-state index in [-0.39, 0.29) is 24.0 Å². The van der Waals surface area contributed by atoms with Gasteiger partial charge in [0.15, 0.2) is 5.96 Å². The fraction of sp³-hybridized carbons (Fsp3) is 0.438. The van der Waals surface area contributed by atoms with Crippen molar-refractivity contribution in [2.24, 2.45) is 12.0 Å². The van der Waals surface area contributed by atoms with E-state index in [2.05, 4.69) is 63.4 Å². The van der Waals surface area contributed by atoms with Crippen LogP contribution >= 0.6 is 24.0 Å². The molecule has 1 aromatic carbocycles. The minimum atomic E-state index is 0. The van der Waals surface area contributed by atoms with Crippen LogP contribution in [0.1, 0.15) is 23.9 Å². The van der Waals surface area contributed by atoms with Gasteiger partial charge >= 0.3 is 0 Å². The van der Waals surface area contributed by atoms with Crippen LogP contribution in [-0.2, 0) is 20.1 Å². The van der Waals surface area contributed by atoms with Gasteiger partial charge in [0.1, 0.15) is 18.7 Å². The van der Waals surface area contributed by atoms with E-state index < -0.39 is 0 Å². The van der Waals surface area contributed by atoms with Gasteiger partial charge in [-0.05, 0) is 19.4 Å². The second kappa shape index (κ2) is 9.49. The minimum absolute atomic E-state index is 0. The van der Waals surface area contributed by atoms with Gasteiger partial charge in [0, 0.05) is 27.2 Å². The maximum absolute atomic E-state index is 4.64. The second-order valence-electron chi connectivity index (χ2n) is 5.31. The Balaban J connectivity index is 0.00000264. The molecule has 23 heavy (non-hydrogen) atoms. The van der Waals surface area contributed by atoms with Gasteiger partial charge < -0.3 is 10.2 Å². The fourth-order valence-corrected chi connectivity index (χ4v) is 2.12. The quantitative estimate of drug-likeness (QED) is 0.451. The molecule has 2 rings (SSSR count). The number of aromatic nitrogens is 3. The molecule has 0 aliphatic heterocycles. The van der Waals surface area contributed by atoms with Crippen LogP contribution in [0.4, 0.5) is 0 Å². The molecule has 0 spiro atoms.